The van der Waals surface area contributed by atoms with Gasteiger partial charge in [0.25, 0.3) is 0 Å². The molecule has 0 amide bonds. The van der Waals surface area contributed by atoms with Gasteiger partial charge in [-0.1, -0.05) is 30.3 Å². The summed E-state index contributed by atoms with van der Waals surface area (Å²) in [5.74, 6) is 1.51. The molecule has 0 aliphatic carbocycles. The number of anilines is 1. The Balaban J connectivity index is 1.35. The zero-order chi connectivity index (χ0) is 21.9. The molecule has 0 radical (unpaired) electrons. The van der Waals surface area contributed by atoms with E-state index in [9.17, 15) is 5.11 Å². The fourth-order valence-electron chi connectivity index (χ4n) is 3.56. The molecular weight excluding hydrogens is 418 g/mol. The molecule has 3 aromatic heterocycles. The van der Waals surface area contributed by atoms with Crippen LogP contribution in [0.5, 0.6) is 0 Å². The third kappa shape index (κ3) is 4.34. The van der Waals surface area contributed by atoms with Crippen LogP contribution in [-0.2, 0) is 13.2 Å². The number of hydrogen-bond donors (Lipinski definition) is 2. The Morgan fingerprint density at radius 3 is 2.66 bits per heavy atom. The summed E-state index contributed by atoms with van der Waals surface area (Å²) >= 11 is 1.63. The van der Waals surface area contributed by atoms with Gasteiger partial charge in [-0.05, 0) is 42.3 Å². The van der Waals surface area contributed by atoms with E-state index in [-0.39, 0.29) is 6.61 Å². The molecule has 5 rings (SSSR count). The molecule has 0 spiro atoms. The molecule has 0 unspecified atom stereocenters. The average molecular weight is 440 g/mol. The predicted molar refractivity (Wildman–Crippen MR) is 128 cm³/mol. The van der Waals surface area contributed by atoms with E-state index >= 15 is 0 Å². The van der Waals surface area contributed by atoms with Crippen LogP contribution in [0.4, 0.5) is 5.82 Å². The maximum absolute atomic E-state index is 9.19. The number of nitrogens with one attached hydrogen (secondary N) is 1. The molecular formula is C25H21N5OS. The quantitative estimate of drug-likeness (QED) is 0.377. The monoisotopic (exact) mass is 439 g/mol. The Bertz CT molecular complexity index is 1380. The summed E-state index contributed by atoms with van der Waals surface area (Å²) in [5, 5.41) is 12.6. The van der Waals surface area contributed by atoms with E-state index in [4.69, 9.17) is 0 Å². The van der Waals surface area contributed by atoms with E-state index in [0.29, 0.717) is 12.2 Å². The summed E-state index contributed by atoms with van der Waals surface area (Å²) in [6, 6.07) is 20.3. The van der Waals surface area contributed by atoms with Crippen LogP contribution in [0.3, 0.4) is 0 Å². The van der Waals surface area contributed by atoms with Crippen molar-refractivity contribution in [3.63, 3.8) is 0 Å². The summed E-state index contributed by atoms with van der Waals surface area (Å²) in [6.45, 7) is 2.49. The van der Waals surface area contributed by atoms with Crippen molar-refractivity contribution < 1.29 is 5.11 Å². The molecule has 7 heteroatoms. The highest BCUT2D eigenvalue weighted by Gasteiger charge is 2.07. The number of pyridine rings is 1. The lowest BCUT2D eigenvalue weighted by molar-refractivity contribution is 0.277. The Morgan fingerprint density at radius 1 is 0.906 bits per heavy atom. The number of rotatable bonds is 6. The molecule has 2 aromatic carbocycles. The second-order valence-corrected chi connectivity index (χ2v) is 8.36. The maximum atomic E-state index is 9.19. The van der Waals surface area contributed by atoms with Crippen LogP contribution in [0.2, 0.25) is 0 Å². The van der Waals surface area contributed by atoms with Crippen molar-refractivity contribution >= 4 is 27.4 Å². The van der Waals surface area contributed by atoms with E-state index in [2.05, 4.69) is 49.5 Å². The number of fused-ring (bicyclic) bond motifs is 1. The highest BCUT2D eigenvalue weighted by atomic mass is 32.1. The van der Waals surface area contributed by atoms with Gasteiger partial charge in [-0.15, -0.1) is 11.3 Å². The number of nitrogens with zero attached hydrogens (tertiary/aromatic N) is 4. The molecule has 0 aliphatic rings. The summed E-state index contributed by atoms with van der Waals surface area (Å²) in [4.78, 5) is 17.8. The van der Waals surface area contributed by atoms with Crippen molar-refractivity contribution in [3.8, 4) is 22.4 Å². The lowest BCUT2D eigenvalue weighted by Crippen LogP contribution is -2.04. The van der Waals surface area contributed by atoms with Crippen LogP contribution in [0, 0.1) is 6.92 Å². The Kier molecular flexibility index (Phi) is 5.58. The summed E-state index contributed by atoms with van der Waals surface area (Å²) in [7, 11) is 0. The van der Waals surface area contributed by atoms with E-state index in [1.165, 1.54) is 0 Å². The lowest BCUT2D eigenvalue weighted by Gasteiger charge is -2.10. The number of thiazole rings is 1. The van der Waals surface area contributed by atoms with Crippen LogP contribution in [-0.4, -0.2) is 25.0 Å². The van der Waals surface area contributed by atoms with Crippen LogP contribution >= 0.6 is 11.3 Å². The van der Waals surface area contributed by atoms with Crippen molar-refractivity contribution in [2.24, 2.45) is 0 Å². The van der Waals surface area contributed by atoms with Gasteiger partial charge in [-0.2, -0.15) is 0 Å². The highest BCUT2D eigenvalue weighted by molar-refractivity contribution is 7.16. The lowest BCUT2D eigenvalue weighted by atomic mass is 10.0. The fourth-order valence-corrected chi connectivity index (χ4v) is 4.28. The summed E-state index contributed by atoms with van der Waals surface area (Å²) in [6.07, 6.45) is 1.79. The minimum Gasteiger partial charge on any atom is -0.390 e. The van der Waals surface area contributed by atoms with Gasteiger partial charge in [-0.3, -0.25) is 4.98 Å². The first-order valence-corrected chi connectivity index (χ1v) is 11.1. The van der Waals surface area contributed by atoms with Crippen LogP contribution in [0.15, 0.2) is 72.4 Å². The molecule has 0 fully saturated rings. The van der Waals surface area contributed by atoms with Gasteiger partial charge in [0.2, 0.25) is 0 Å². The third-order valence-corrected chi connectivity index (χ3v) is 5.98. The molecule has 0 aliphatic heterocycles. The summed E-state index contributed by atoms with van der Waals surface area (Å²) in [5.41, 5.74) is 8.70. The van der Waals surface area contributed by atoms with Crippen LogP contribution in [0.25, 0.3) is 32.6 Å². The zero-order valence-electron chi connectivity index (χ0n) is 17.5. The molecule has 2 N–H and O–H groups in total. The predicted octanol–water partition coefficient (Wildman–Crippen LogP) is 5.23. The van der Waals surface area contributed by atoms with Gasteiger partial charge in [0, 0.05) is 29.9 Å². The minimum absolute atomic E-state index is 0.0529. The molecule has 0 saturated heterocycles. The normalized spacial score (nSPS) is 11.1. The third-order valence-electron chi connectivity index (χ3n) is 5.19. The van der Waals surface area contributed by atoms with Gasteiger partial charge in [-0.25, -0.2) is 15.0 Å². The standard InChI is InChI=1S/C25H21N5OS/c1-16-29-23(19-6-8-22-24(10-19)32-15-28-22)11-25(30-16)27-12-17-3-2-4-18(9-17)20-5-7-21(14-31)26-13-20/h2-11,13,15,31H,12,14H2,1H3,(H,27,29,30). The van der Waals surface area contributed by atoms with E-state index in [1.807, 2.05) is 48.8 Å². The van der Waals surface area contributed by atoms with Gasteiger partial charge >= 0.3 is 0 Å². The second kappa shape index (κ2) is 8.82. The number of aromatic nitrogens is 4. The van der Waals surface area contributed by atoms with Crippen molar-refractivity contribution in [1.29, 1.82) is 0 Å². The average Bonchev–Trinajstić information content (AvgIpc) is 3.31. The van der Waals surface area contributed by atoms with Gasteiger partial charge in [0.15, 0.2) is 0 Å². The molecule has 3 heterocycles. The SMILES string of the molecule is Cc1nc(NCc2cccc(-c3ccc(CO)nc3)c2)cc(-c2ccc3ncsc3c2)n1. The zero-order valence-corrected chi connectivity index (χ0v) is 18.3. The van der Waals surface area contributed by atoms with Crippen molar-refractivity contribution in [2.75, 3.05) is 5.32 Å². The van der Waals surface area contributed by atoms with E-state index < -0.39 is 0 Å². The summed E-state index contributed by atoms with van der Waals surface area (Å²) < 4.78 is 1.15. The Hall–Kier alpha value is -3.68. The number of benzene rings is 2. The first-order chi connectivity index (χ1) is 15.7. The molecule has 5 aromatic rings. The topological polar surface area (TPSA) is 83.8 Å². The van der Waals surface area contributed by atoms with Crippen molar-refractivity contribution in [3.05, 3.63) is 89.5 Å². The first-order valence-electron chi connectivity index (χ1n) is 10.3. The van der Waals surface area contributed by atoms with Gasteiger partial charge < -0.3 is 10.4 Å². The van der Waals surface area contributed by atoms with E-state index in [1.54, 1.807) is 17.5 Å². The largest absolute Gasteiger partial charge is 0.390 e. The number of hydrogen-bond acceptors (Lipinski definition) is 7. The molecule has 0 saturated carbocycles. The number of aliphatic hydroxyl groups excluding tert-OH is 1. The fraction of sp³-hybridized carbons (Fsp3) is 0.120. The number of aryl methyl sites for hydroxylation is 1. The maximum Gasteiger partial charge on any atom is 0.130 e. The smallest absolute Gasteiger partial charge is 0.130 e. The Labute approximate surface area is 189 Å². The van der Waals surface area contributed by atoms with Crippen LogP contribution in [0.1, 0.15) is 17.1 Å². The highest BCUT2D eigenvalue weighted by Crippen LogP contribution is 2.27. The second-order valence-electron chi connectivity index (χ2n) is 7.47. The van der Waals surface area contributed by atoms with Crippen molar-refractivity contribution in [2.45, 2.75) is 20.1 Å². The minimum atomic E-state index is -0.0529. The Morgan fingerprint density at radius 2 is 1.81 bits per heavy atom. The molecule has 158 valence electrons. The van der Waals surface area contributed by atoms with Crippen LogP contribution < -0.4 is 5.32 Å². The van der Waals surface area contributed by atoms with Gasteiger partial charge in [0.05, 0.1) is 33.7 Å². The molecule has 32 heavy (non-hydrogen) atoms. The van der Waals surface area contributed by atoms with Gasteiger partial charge in [0.1, 0.15) is 11.6 Å². The first kappa shape index (κ1) is 20.2. The molecule has 6 nitrogen and oxygen atoms in total. The molecule has 0 atom stereocenters. The number of aliphatic hydroxyl groups is 1. The molecule has 0 bridgehead atoms. The van der Waals surface area contributed by atoms with Crippen molar-refractivity contribution in [1.82, 2.24) is 19.9 Å². The van der Waals surface area contributed by atoms with E-state index in [0.717, 1.165) is 49.8 Å².